The summed E-state index contributed by atoms with van der Waals surface area (Å²) in [7, 11) is -1.30. The molecule has 0 aliphatic rings. The maximum absolute atomic E-state index is 12.0. The van der Waals surface area contributed by atoms with Gasteiger partial charge in [0.1, 0.15) is 6.07 Å². The summed E-state index contributed by atoms with van der Waals surface area (Å²) in [6.07, 6.45) is -3.27. The molecule has 1 aromatic rings. The van der Waals surface area contributed by atoms with Gasteiger partial charge >= 0.3 is 6.18 Å². The molecule has 1 atom stereocenters. The molecule has 0 saturated carbocycles. The van der Waals surface area contributed by atoms with Crippen LogP contribution in [0.15, 0.2) is 22.3 Å². The third-order valence-electron chi connectivity index (χ3n) is 2.31. The molecule has 0 N–H and O–H groups in total. The van der Waals surface area contributed by atoms with Crippen molar-refractivity contribution in [2.24, 2.45) is 5.16 Å². The van der Waals surface area contributed by atoms with E-state index < -0.39 is 23.6 Å². The maximum atomic E-state index is 12.0. The summed E-state index contributed by atoms with van der Waals surface area (Å²) in [5.74, 6) is 0.357. The molecule has 0 bridgehead atoms. The topological polar surface area (TPSA) is 75.3 Å². The van der Waals surface area contributed by atoms with Gasteiger partial charge in [-0.1, -0.05) is 12.1 Å². The Labute approximate surface area is 121 Å². The van der Waals surface area contributed by atoms with E-state index >= 15 is 0 Å². The molecule has 21 heavy (non-hydrogen) atoms. The SMILES string of the molecule is CCS(=O)c1cc(/C(C#N)=N/OCC(F)(F)F)cnc1C. The molecule has 0 aliphatic carbocycles. The Kier molecular flexibility index (Phi) is 5.84. The quantitative estimate of drug-likeness (QED) is 0.616. The van der Waals surface area contributed by atoms with Gasteiger partial charge in [-0.05, 0) is 13.0 Å². The van der Waals surface area contributed by atoms with Crippen LogP contribution in [-0.2, 0) is 15.6 Å². The summed E-state index contributed by atoms with van der Waals surface area (Å²) in [6.45, 7) is 1.77. The third-order valence-corrected chi connectivity index (χ3v) is 3.74. The number of hydrogen-bond donors (Lipinski definition) is 0. The van der Waals surface area contributed by atoms with E-state index in [9.17, 15) is 17.4 Å². The van der Waals surface area contributed by atoms with Crippen LogP contribution in [0.1, 0.15) is 18.2 Å². The summed E-state index contributed by atoms with van der Waals surface area (Å²) >= 11 is 0. The van der Waals surface area contributed by atoms with Crippen LogP contribution in [0, 0.1) is 18.3 Å². The average molecular weight is 319 g/mol. The molecule has 1 rings (SSSR count). The molecule has 0 aliphatic heterocycles. The van der Waals surface area contributed by atoms with E-state index in [1.165, 1.54) is 12.3 Å². The van der Waals surface area contributed by atoms with Crippen molar-refractivity contribution in [2.45, 2.75) is 24.9 Å². The largest absolute Gasteiger partial charge is 0.425 e. The highest BCUT2D eigenvalue weighted by atomic mass is 32.2. The summed E-state index contributed by atoms with van der Waals surface area (Å²) < 4.78 is 47.7. The Balaban J connectivity index is 3.05. The first-order chi connectivity index (χ1) is 9.78. The number of halogens is 3. The first kappa shape index (κ1) is 17.1. The molecule has 9 heteroatoms. The fraction of sp³-hybridized carbons (Fsp3) is 0.417. The second-order valence-corrected chi connectivity index (χ2v) is 5.59. The molecule has 5 nitrogen and oxygen atoms in total. The number of alkyl halides is 3. The van der Waals surface area contributed by atoms with Gasteiger partial charge in [0.25, 0.3) is 0 Å². The van der Waals surface area contributed by atoms with E-state index in [4.69, 9.17) is 5.26 Å². The van der Waals surface area contributed by atoms with Gasteiger partial charge in [0.15, 0.2) is 5.71 Å². The number of pyridine rings is 1. The molecular formula is C12H12F3N3O2S. The van der Waals surface area contributed by atoms with Crippen molar-refractivity contribution in [3.8, 4) is 6.07 Å². The van der Waals surface area contributed by atoms with Crippen LogP contribution >= 0.6 is 0 Å². The van der Waals surface area contributed by atoms with E-state index in [1.54, 1.807) is 19.9 Å². The summed E-state index contributed by atoms with van der Waals surface area (Å²) in [5.41, 5.74) is 0.315. The minimum Gasteiger partial charge on any atom is -0.385 e. The van der Waals surface area contributed by atoms with Crippen LogP contribution in [-0.4, -0.2) is 33.4 Å². The molecule has 1 heterocycles. The van der Waals surface area contributed by atoms with Crippen molar-refractivity contribution in [3.63, 3.8) is 0 Å². The van der Waals surface area contributed by atoms with E-state index in [2.05, 4.69) is 15.0 Å². The smallest absolute Gasteiger partial charge is 0.385 e. The normalized spacial score (nSPS) is 13.6. The predicted octanol–water partition coefficient (Wildman–Crippen LogP) is 2.32. The first-order valence-electron chi connectivity index (χ1n) is 5.80. The Morgan fingerprint density at radius 2 is 2.24 bits per heavy atom. The van der Waals surface area contributed by atoms with E-state index in [0.29, 0.717) is 16.3 Å². The highest BCUT2D eigenvalue weighted by Crippen LogP contribution is 2.16. The third kappa shape index (κ3) is 5.15. The Hall–Kier alpha value is -1.95. The van der Waals surface area contributed by atoms with E-state index in [-0.39, 0.29) is 11.3 Å². The fourth-order valence-corrected chi connectivity index (χ4v) is 2.29. The van der Waals surface area contributed by atoms with Crippen LogP contribution in [0.3, 0.4) is 0 Å². The molecule has 0 amide bonds. The molecular weight excluding hydrogens is 307 g/mol. The van der Waals surface area contributed by atoms with Crippen molar-refractivity contribution in [2.75, 3.05) is 12.4 Å². The van der Waals surface area contributed by atoms with Gasteiger partial charge in [-0.25, -0.2) is 0 Å². The number of nitrogens with zero attached hydrogens (tertiary/aromatic N) is 3. The van der Waals surface area contributed by atoms with Gasteiger partial charge in [-0.3, -0.25) is 9.19 Å². The molecule has 1 unspecified atom stereocenters. The van der Waals surface area contributed by atoms with Crippen LogP contribution in [0.5, 0.6) is 0 Å². The molecule has 0 spiro atoms. The number of nitriles is 1. The molecule has 0 radical (unpaired) electrons. The number of hydrogen-bond acceptors (Lipinski definition) is 5. The van der Waals surface area contributed by atoms with Gasteiger partial charge in [0.05, 0.1) is 21.4 Å². The van der Waals surface area contributed by atoms with Crippen molar-refractivity contribution in [1.29, 1.82) is 5.26 Å². The summed E-state index contributed by atoms with van der Waals surface area (Å²) in [5, 5.41) is 12.1. The first-order valence-corrected chi connectivity index (χ1v) is 7.12. The molecule has 0 saturated heterocycles. The standard InChI is InChI=1S/C12H12F3N3O2S/c1-3-21(19)11-4-9(6-17-8(11)2)10(5-16)18-20-7-12(13,14)15/h4,6H,3,7H2,1-2H3/b18-10+. The molecule has 0 fully saturated rings. The zero-order valence-electron chi connectivity index (χ0n) is 11.3. The van der Waals surface area contributed by atoms with Crippen LogP contribution < -0.4 is 0 Å². The van der Waals surface area contributed by atoms with Gasteiger partial charge in [-0.15, -0.1) is 0 Å². The monoisotopic (exact) mass is 319 g/mol. The lowest BCUT2D eigenvalue weighted by Gasteiger charge is -2.07. The molecule has 114 valence electrons. The van der Waals surface area contributed by atoms with Gasteiger partial charge in [0.2, 0.25) is 6.61 Å². The van der Waals surface area contributed by atoms with Crippen LogP contribution in [0.4, 0.5) is 13.2 Å². The lowest BCUT2D eigenvalue weighted by atomic mass is 10.2. The zero-order valence-corrected chi connectivity index (χ0v) is 12.1. The maximum Gasteiger partial charge on any atom is 0.425 e. The van der Waals surface area contributed by atoms with Crippen molar-refractivity contribution in [1.82, 2.24) is 4.98 Å². The van der Waals surface area contributed by atoms with Gasteiger partial charge in [0, 0.05) is 17.5 Å². The molecule has 1 aromatic heterocycles. The number of rotatable bonds is 5. The Bertz CT molecular complexity index is 609. The molecule has 0 aromatic carbocycles. The zero-order chi connectivity index (χ0) is 16.0. The van der Waals surface area contributed by atoms with Gasteiger partial charge in [-0.2, -0.15) is 18.4 Å². The average Bonchev–Trinajstić information content (AvgIpc) is 2.42. The summed E-state index contributed by atoms with van der Waals surface area (Å²) in [6, 6.07) is 3.04. The van der Waals surface area contributed by atoms with E-state index in [0.717, 1.165) is 0 Å². The fourth-order valence-electron chi connectivity index (χ4n) is 1.34. The van der Waals surface area contributed by atoms with Crippen LogP contribution in [0.2, 0.25) is 0 Å². The summed E-state index contributed by atoms with van der Waals surface area (Å²) in [4.78, 5) is 8.48. The van der Waals surface area contributed by atoms with Crippen LogP contribution in [0.25, 0.3) is 0 Å². The van der Waals surface area contributed by atoms with Crippen molar-refractivity contribution in [3.05, 3.63) is 23.5 Å². The highest BCUT2D eigenvalue weighted by Gasteiger charge is 2.28. The second kappa shape index (κ2) is 7.17. The minimum absolute atomic E-state index is 0.155. The minimum atomic E-state index is -4.54. The predicted molar refractivity (Wildman–Crippen MR) is 70.1 cm³/mol. The Morgan fingerprint density at radius 1 is 1.57 bits per heavy atom. The number of aromatic nitrogens is 1. The number of aryl methyl sites for hydroxylation is 1. The van der Waals surface area contributed by atoms with E-state index in [1.807, 2.05) is 0 Å². The lowest BCUT2D eigenvalue weighted by Crippen LogP contribution is -2.15. The Morgan fingerprint density at radius 3 is 2.76 bits per heavy atom. The lowest BCUT2D eigenvalue weighted by molar-refractivity contribution is -0.173. The van der Waals surface area contributed by atoms with Gasteiger partial charge < -0.3 is 4.84 Å². The van der Waals surface area contributed by atoms with Crippen molar-refractivity contribution < 1.29 is 22.2 Å². The number of oxime groups is 1. The second-order valence-electron chi connectivity index (χ2n) is 3.88. The van der Waals surface area contributed by atoms with Crippen molar-refractivity contribution >= 4 is 16.5 Å². The highest BCUT2D eigenvalue weighted by molar-refractivity contribution is 7.85.